The Kier molecular flexibility index (Phi) is 36.4. The lowest BCUT2D eigenvalue weighted by molar-refractivity contribution is -0.252. The van der Waals surface area contributed by atoms with E-state index in [1.807, 2.05) is 0 Å². The van der Waals surface area contributed by atoms with Crippen LogP contribution in [0.2, 0.25) is 0 Å². The van der Waals surface area contributed by atoms with E-state index < -0.39 is 0 Å². The summed E-state index contributed by atoms with van der Waals surface area (Å²) in [6.45, 7) is 75.7. The predicted octanol–water partition coefficient (Wildman–Crippen LogP) is 30.0. The minimum Gasteiger partial charge on any atom is -0.374 e. The van der Waals surface area contributed by atoms with E-state index in [9.17, 15) is 0 Å². The van der Waals surface area contributed by atoms with Gasteiger partial charge in [-0.2, -0.15) is 0 Å². The molecule has 0 N–H and O–H groups in total. The van der Waals surface area contributed by atoms with E-state index in [-0.39, 0.29) is 0 Å². The zero-order valence-electron chi connectivity index (χ0n) is 70.8. The van der Waals surface area contributed by atoms with Gasteiger partial charge in [0.1, 0.15) is 0 Å². The summed E-state index contributed by atoms with van der Waals surface area (Å²) in [6.07, 6.45) is 39.9. The summed E-state index contributed by atoms with van der Waals surface area (Å²) >= 11 is 0. The normalized spacial score (nSPS) is 37.0. The van der Waals surface area contributed by atoms with Crippen LogP contribution in [0.25, 0.3) is 0 Å². The maximum atomic E-state index is 5.88. The van der Waals surface area contributed by atoms with E-state index in [1.54, 1.807) is 38.5 Å². The van der Waals surface area contributed by atoms with E-state index in [4.69, 9.17) is 4.74 Å². The monoisotopic (exact) mass is 1310 g/mol. The summed E-state index contributed by atoms with van der Waals surface area (Å²) in [5.74, 6) is 29.0. The predicted molar refractivity (Wildman–Crippen MR) is 422 cm³/mol. The number of hydrogen-bond acceptors (Lipinski definition) is 1. The van der Waals surface area contributed by atoms with Crippen molar-refractivity contribution >= 4 is 0 Å². The zero-order chi connectivity index (χ0) is 71.1. The molecule has 12 aliphatic rings. The van der Waals surface area contributed by atoms with Crippen LogP contribution < -0.4 is 0 Å². The van der Waals surface area contributed by atoms with Crippen molar-refractivity contribution < 1.29 is 4.74 Å². The highest BCUT2D eigenvalue weighted by Crippen LogP contribution is 2.78. The van der Waals surface area contributed by atoms with E-state index in [1.165, 1.54) is 128 Å². The van der Waals surface area contributed by atoms with Gasteiger partial charge in [0.15, 0.2) is 0 Å². The van der Waals surface area contributed by atoms with Gasteiger partial charge < -0.3 is 4.74 Å². The molecule has 1 spiro atoms. The molecule has 1 aliphatic heterocycles. The minimum atomic E-state index is 0.530. The molecule has 10 atom stereocenters. The van der Waals surface area contributed by atoms with E-state index >= 15 is 0 Å². The second-order valence-corrected chi connectivity index (χ2v) is 42.2. The van der Waals surface area contributed by atoms with Crippen molar-refractivity contribution in [3.63, 3.8) is 0 Å². The fourth-order valence-corrected chi connectivity index (χ4v) is 21.3. The van der Waals surface area contributed by atoms with Crippen LogP contribution >= 0.6 is 0 Å². The van der Waals surface area contributed by atoms with Gasteiger partial charge in [-0.15, -0.1) is 0 Å². The standard InChI is InChI=1S/C14H26.C13H24.2C12H24.C11H20.C11H22.C10H20O.C10H20/c1-9(2)12-7-11-5-6-13(10(3)4)14(11)8-12;1-9(2)11-5-13(6-11)7-12(8-13)10(3)4;1-9(2)11-5-7-12(8-6-11)10(3)4;1-9(2)11-6-5-7-12(8-11)10(3)4;1-8(2)10-5-11(6-10,7-10)9(3)4;1-8(2)10-5-6-11(7-10)9(3)4;1-7(2)9-5-6-10(11-9)8(3)4;1-7(2)9-5-10(6-9)8(3)4/h9-14H,5-8H2,1-4H3;9-12H,5-8H2,1-4H3;2*9-12H,5-8H2,1-4H3;8-9H,5-7H2,1-4H3;8-11H,5-7H2,1-4H3;7-10H,5-6H2,1-4H3;7-10H,5-6H2,1-4H3. The van der Waals surface area contributed by atoms with Crippen molar-refractivity contribution in [1.29, 1.82) is 0 Å². The zero-order valence-corrected chi connectivity index (χ0v) is 70.8. The summed E-state index contributed by atoms with van der Waals surface area (Å²) in [4.78, 5) is 0. The Balaban J connectivity index is 0.000000229. The average Bonchev–Trinajstić information content (AvgIpc) is 0.767. The van der Waals surface area contributed by atoms with Crippen molar-refractivity contribution in [2.75, 3.05) is 0 Å². The molecule has 11 aliphatic carbocycles. The number of ether oxygens (including phenoxy) is 1. The van der Waals surface area contributed by atoms with Crippen molar-refractivity contribution in [3.05, 3.63) is 0 Å². The first-order valence-corrected chi connectivity index (χ1v) is 43.3. The number of fused-ring (bicyclic) bond motifs is 1. The van der Waals surface area contributed by atoms with Crippen LogP contribution in [0.3, 0.4) is 0 Å². The first-order valence-electron chi connectivity index (χ1n) is 43.3. The summed E-state index contributed by atoms with van der Waals surface area (Å²) in [7, 11) is 0. The van der Waals surface area contributed by atoms with Crippen LogP contribution in [0.15, 0.2) is 0 Å². The van der Waals surface area contributed by atoms with Crippen LogP contribution in [0.5, 0.6) is 0 Å². The summed E-state index contributed by atoms with van der Waals surface area (Å²) in [5.41, 5.74) is 2.47. The van der Waals surface area contributed by atoms with Crippen LogP contribution in [-0.2, 0) is 4.74 Å². The molecule has 94 heavy (non-hydrogen) atoms. The topological polar surface area (TPSA) is 9.23 Å². The number of hydrogen-bond donors (Lipinski definition) is 0. The van der Waals surface area contributed by atoms with Crippen molar-refractivity contribution in [2.45, 2.75) is 401 Å². The van der Waals surface area contributed by atoms with Crippen molar-refractivity contribution in [1.82, 2.24) is 0 Å². The lowest BCUT2D eigenvalue weighted by atomic mass is 9.30. The Morgan fingerprint density at radius 3 is 0.766 bits per heavy atom. The molecule has 1 nitrogen and oxygen atoms in total. The molecule has 11 saturated carbocycles. The average molecular weight is 1310 g/mol. The minimum absolute atomic E-state index is 0.530. The van der Waals surface area contributed by atoms with Crippen LogP contribution in [0.4, 0.5) is 0 Å². The third-order valence-corrected chi connectivity index (χ3v) is 30.6. The van der Waals surface area contributed by atoms with Crippen molar-refractivity contribution in [2.24, 2.45) is 194 Å². The van der Waals surface area contributed by atoms with Crippen LogP contribution in [-0.4, -0.2) is 12.2 Å². The highest BCUT2D eigenvalue weighted by Gasteiger charge is 2.69. The Morgan fingerprint density at radius 2 is 0.511 bits per heavy atom. The van der Waals surface area contributed by atoms with Gasteiger partial charge in [0, 0.05) is 0 Å². The first-order chi connectivity index (χ1) is 43.7. The molecular formula is C93H180O. The maximum Gasteiger partial charge on any atom is 0.0602 e. The highest BCUT2D eigenvalue weighted by molar-refractivity contribution is 5.18. The molecule has 10 unspecified atom stereocenters. The van der Waals surface area contributed by atoms with Gasteiger partial charge in [-0.25, -0.2) is 0 Å². The summed E-state index contributed by atoms with van der Waals surface area (Å²) in [5, 5.41) is 0. The SMILES string of the molecule is CC(C)C12CC(C(C)C)(C1)C2.CC(C)C1CC(C(C)C)C1.CC(C)C1CC2(C1)CC(C(C)C)C2.CC(C)C1CC2CCC(C(C)C)C2C1.CC(C)C1CCC(C(C)C)C1.CC(C)C1CCC(C(C)C)CC1.CC(C)C1CCC(C(C)C)O1.CC(C)C1CCCC(C(C)C)C1. The molecule has 0 aromatic rings. The Morgan fingerprint density at radius 1 is 0.234 bits per heavy atom. The molecular weight excluding hydrogens is 1130 g/mol. The largest absolute Gasteiger partial charge is 0.374 e. The molecule has 0 aromatic carbocycles. The lowest BCUT2D eigenvalue weighted by Crippen LogP contribution is -2.66. The van der Waals surface area contributed by atoms with Gasteiger partial charge >= 0.3 is 0 Å². The van der Waals surface area contributed by atoms with Gasteiger partial charge in [0.25, 0.3) is 0 Å². The Labute approximate surface area is 595 Å². The fourth-order valence-electron chi connectivity index (χ4n) is 21.3. The smallest absolute Gasteiger partial charge is 0.0602 e. The molecule has 558 valence electrons. The fraction of sp³-hybridized carbons (Fsp3) is 1.00. The molecule has 0 amide bonds. The maximum absolute atomic E-state index is 5.88. The quantitative estimate of drug-likeness (QED) is 0.150. The molecule has 12 fully saturated rings. The third kappa shape index (κ3) is 25.4. The van der Waals surface area contributed by atoms with E-state index in [2.05, 4.69) is 222 Å². The summed E-state index contributed by atoms with van der Waals surface area (Å²) in [6, 6.07) is 0. The second-order valence-electron chi connectivity index (χ2n) is 42.2. The third-order valence-electron chi connectivity index (χ3n) is 30.6. The summed E-state index contributed by atoms with van der Waals surface area (Å²) < 4.78 is 5.88. The molecule has 1 saturated heterocycles. The Hall–Kier alpha value is -0.0400. The molecule has 0 radical (unpaired) electrons. The van der Waals surface area contributed by atoms with Gasteiger partial charge in [-0.05, 0) is 341 Å². The van der Waals surface area contributed by atoms with E-state index in [0.717, 1.165) is 182 Å². The molecule has 2 bridgehead atoms. The van der Waals surface area contributed by atoms with Gasteiger partial charge in [0.2, 0.25) is 0 Å². The first kappa shape index (κ1) is 86.4. The van der Waals surface area contributed by atoms with Gasteiger partial charge in [0.05, 0.1) is 12.2 Å². The molecule has 12 rings (SSSR count). The molecule has 1 heteroatoms. The van der Waals surface area contributed by atoms with Gasteiger partial charge in [-0.1, -0.05) is 241 Å². The Bertz CT molecular complexity index is 1790. The highest BCUT2D eigenvalue weighted by atomic mass is 16.5. The van der Waals surface area contributed by atoms with Crippen LogP contribution in [0, 0.1) is 194 Å². The van der Waals surface area contributed by atoms with Gasteiger partial charge in [-0.3, -0.25) is 0 Å². The number of rotatable bonds is 16. The van der Waals surface area contributed by atoms with Crippen molar-refractivity contribution in [3.8, 4) is 0 Å². The van der Waals surface area contributed by atoms with E-state index in [0.29, 0.717) is 24.0 Å². The second kappa shape index (κ2) is 39.6. The molecule has 0 aromatic heterocycles. The van der Waals surface area contributed by atoms with Crippen LogP contribution in [0.1, 0.15) is 389 Å². The molecule has 1 heterocycles. The lowest BCUT2D eigenvalue weighted by Gasteiger charge is -2.75.